The van der Waals surface area contributed by atoms with Crippen molar-refractivity contribution in [2.45, 2.75) is 32.7 Å². The Morgan fingerprint density at radius 3 is 1.79 bits per heavy atom. The maximum atomic E-state index is 12.3. The Hall–Kier alpha value is -1.34. The Balaban J connectivity index is 4.90. The highest BCUT2D eigenvalue weighted by atomic mass is 16.4. The van der Waals surface area contributed by atoms with Crippen LogP contribution in [0.2, 0.25) is 0 Å². The quantitative estimate of drug-likeness (QED) is 0.606. The number of rotatable bonds is 7. The van der Waals surface area contributed by atoms with Crippen LogP contribution in [0.3, 0.4) is 0 Å². The number of carboxylic acids is 1. The number of carbonyl (C=O) groups excluding carboxylic acids is 1. The van der Waals surface area contributed by atoms with Gasteiger partial charge in [-0.25, -0.2) is 4.79 Å². The zero-order valence-corrected chi connectivity index (χ0v) is 11.8. The number of aliphatic carboxylic acids is 1. The van der Waals surface area contributed by atoms with Crippen molar-refractivity contribution in [3.8, 4) is 0 Å². The standard InChI is InChI=1S/C12H24N2O5/c1-12(2,3)14(5-4-10(17)18)11(19)13(6-8-15)7-9-16/h15-16H,4-9H2,1-3H3,(H,17,18). The first-order valence-electron chi connectivity index (χ1n) is 6.24. The lowest BCUT2D eigenvalue weighted by molar-refractivity contribution is -0.137. The maximum Gasteiger partial charge on any atom is 0.320 e. The first kappa shape index (κ1) is 17.7. The molecule has 3 N–H and O–H groups in total. The lowest BCUT2D eigenvalue weighted by Crippen LogP contribution is -2.53. The molecule has 19 heavy (non-hydrogen) atoms. The van der Waals surface area contributed by atoms with Crippen LogP contribution in [0.15, 0.2) is 0 Å². The molecule has 112 valence electrons. The van der Waals surface area contributed by atoms with Gasteiger partial charge in [0.25, 0.3) is 0 Å². The van der Waals surface area contributed by atoms with Gasteiger partial charge in [0.15, 0.2) is 0 Å². The van der Waals surface area contributed by atoms with Gasteiger partial charge >= 0.3 is 12.0 Å². The first-order chi connectivity index (χ1) is 8.73. The Morgan fingerprint density at radius 1 is 1.00 bits per heavy atom. The Labute approximate surface area is 113 Å². The van der Waals surface area contributed by atoms with Crippen LogP contribution in [0.1, 0.15) is 27.2 Å². The molecule has 7 nitrogen and oxygen atoms in total. The highest BCUT2D eigenvalue weighted by Gasteiger charge is 2.30. The molecule has 0 aliphatic heterocycles. The Morgan fingerprint density at radius 2 is 1.47 bits per heavy atom. The molecule has 0 aliphatic rings. The van der Waals surface area contributed by atoms with Crippen molar-refractivity contribution < 1.29 is 24.9 Å². The van der Waals surface area contributed by atoms with Gasteiger partial charge in [-0.15, -0.1) is 0 Å². The summed E-state index contributed by atoms with van der Waals surface area (Å²) in [4.78, 5) is 25.7. The van der Waals surface area contributed by atoms with E-state index in [2.05, 4.69) is 0 Å². The third-order valence-electron chi connectivity index (χ3n) is 2.60. The van der Waals surface area contributed by atoms with Gasteiger partial charge in [0, 0.05) is 25.2 Å². The average Bonchev–Trinajstić information content (AvgIpc) is 2.26. The van der Waals surface area contributed by atoms with Gasteiger partial charge in [0.1, 0.15) is 0 Å². The predicted molar refractivity (Wildman–Crippen MR) is 69.9 cm³/mol. The molecular formula is C12H24N2O5. The number of carboxylic acid groups (broad SMARTS) is 1. The molecule has 0 heterocycles. The van der Waals surface area contributed by atoms with Crippen LogP contribution < -0.4 is 0 Å². The largest absolute Gasteiger partial charge is 0.481 e. The fraction of sp³-hybridized carbons (Fsp3) is 0.833. The van der Waals surface area contributed by atoms with E-state index in [0.29, 0.717) is 0 Å². The third-order valence-corrected chi connectivity index (χ3v) is 2.60. The van der Waals surface area contributed by atoms with E-state index in [-0.39, 0.29) is 45.3 Å². The van der Waals surface area contributed by atoms with E-state index in [1.54, 1.807) is 0 Å². The smallest absolute Gasteiger partial charge is 0.320 e. The zero-order chi connectivity index (χ0) is 15.1. The second-order valence-corrected chi connectivity index (χ2v) is 5.18. The molecule has 0 atom stereocenters. The van der Waals surface area contributed by atoms with E-state index in [9.17, 15) is 9.59 Å². The van der Waals surface area contributed by atoms with Crippen LogP contribution in [0, 0.1) is 0 Å². The van der Waals surface area contributed by atoms with Crippen molar-refractivity contribution in [3.05, 3.63) is 0 Å². The molecule has 0 aromatic carbocycles. The molecular weight excluding hydrogens is 252 g/mol. The summed E-state index contributed by atoms with van der Waals surface area (Å²) in [5, 5.41) is 26.6. The molecule has 0 fully saturated rings. The number of nitrogens with zero attached hydrogens (tertiary/aromatic N) is 2. The van der Waals surface area contributed by atoms with Gasteiger partial charge in [-0.05, 0) is 20.8 Å². The van der Waals surface area contributed by atoms with Crippen LogP contribution in [0.25, 0.3) is 0 Å². The second kappa shape index (κ2) is 7.96. The summed E-state index contributed by atoms with van der Waals surface area (Å²) in [5.74, 6) is -0.974. The van der Waals surface area contributed by atoms with Gasteiger partial charge in [-0.3, -0.25) is 4.79 Å². The highest BCUT2D eigenvalue weighted by molar-refractivity contribution is 5.76. The second-order valence-electron chi connectivity index (χ2n) is 5.18. The van der Waals surface area contributed by atoms with Gasteiger partial charge in [0.2, 0.25) is 0 Å². The lowest BCUT2D eigenvalue weighted by atomic mass is 10.1. The molecule has 7 heteroatoms. The van der Waals surface area contributed by atoms with Crippen LogP contribution in [0.5, 0.6) is 0 Å². The fourth-order valence-corrected chi connectivity index (χ4v) is 1.64. The normalized spacial score (nSPS) is 11.2. The van der Waals surface area contributed by atoms with Gasteiger partial charge in [0.05, 0.1) is 19.6 Å². The summed E-state index contributed by atoms with van der Waals surface area (Å²) in [7, 11) is 0. The number of hydrogen-bond donors (Lipinski definition) is 3. The SMILES string of the molecule is CC(C)(C)N(CCC(=O)O)C(=O)N(CCO)CCO. The summed E-state index contributed by atoms with van der Waals surface area (Å²) < 4.78 is 0. The van der Waals surface area contributed by atoms with E-state index in [1.165, 1.54) is 9.80 Å². The molecule has 0 radical (unpaired) electrons. The summed E-state index contributed by atoms with van der Waals surface area (Å²) in [6, 6.07) is -0.378. The van der Waals surface area contributed by atoms with Gasteiger partial charge < -0.3 is 25.1 Å². The minimum Gasteiger partial charge on any atom is -0.481 e. The summed E-state index contributed by atoms with van der Waals surface area (Å²) >= 11 is 0. The van der Waals surface area contributed by atoms with Crippen molar-refractivity contribution >= 4 is 12.0 Å². The number of amides is 2. The van der Waals surface area contributed by atoms with E-state index in [4.69, 9.17) is 15.3 Å². The minimum atomic E-state index is -0.974. The van der Waals surface area contributed by atoms with Gasteiger partial charge in [-0.1, -0.05) is 0 Å². The van der Waals surface area contributed by atoms with Crippen molar-refractivity contribution in [2.75, 3.05) is 32.8 Å². The van der Waals surface area contributed by atoms with E-state index < -0.39 is 11.5 Å². The monoisotopic (exact) mass is 276 g/mol. The molecule has 0 aromatic rings. The van der Waals surface area contributed by atoms with Crippen molar-refractivity contribution in [1.29, 1.82) is 0 Å². The maximum absolute atomic E-state index is 12.3. The summed E-state index contributed by atoms with van der Waals surface area (Å²) in [6.07, 6.45) is -0.144. The molecule has 0 saturated carbocycles. The van der Waals surface area contributed by atoms with Gasteiger partial charge in [-0.2, -0.15) is 0 Å². The molecule has 0 spiro atoms. The lowest BCUT2D eigenvalue weighted by Gasteiger charge is -2.39. The van der Waals surface area contributed by atoms with Crippen molar-refractivity contribution in [2.24, 2.45) is 0 Å². The van der Waals surface area contributed by atoms with Crippen LogP contribution in [0.4, 0.5) is 4.79 Å². The Kier molecular flexibility index (Phi) is 7.40. The number of aliphatic hydroxyl groups excluding tert-OH is 2. The molecule has 0 bridgehead atoms. The van der Waals surface area contributed by atoms with E-state index in [1.807, 2.05) is 20.8 Å². The number of carbonyl (C=O) groups is 2. The zero-order valence-electron chi connectivity index (χ0n) is 11.8. The average molecular weight is 276 g/mol. The van der Waals surface area contributed by atoms with Crippen LogP contribution in [-0.2, 0) is 4.79 Å². The number of urea groups is 1. The highest BCUT2D eigenvalue weighted by Crippen LogP contribution is 2.16. The summed E-state index contributed by atoms with van der Waals surface area (Å²) in [6.45, 7) is 5.32. The topological polar surface area (TPSA) is 101 Å². The van der Waals surface area contributed by atoms with E-state index >= 15 is 0 Å². The minimum absolute atomic E-state index is 0.0883. The molecule has 0 unspecified atom stereocenters. The fourth-order valence-electron chi connectivity index (χ4n) is 1.64. The van der Waals surface area contributed by atoms with Crippen molar-refractivity contribution in [1.82, 2.24) is 9.80 Å². The third kappa shape index (κ3) is 6.40. The molecule has 0 rings (SSSR count). The van der Waals surface area contributed by atoms with Crippen LogP contribution in [-0.4, -0.2) is 75.5 Å². The van der Waals surface area contributed by atoms with Crippen molar-refractivity contribution in [3.63, 3.8) is 0 Å². The summed E-state index contributed by atoms with van der Waals surface area (Å²) in [5.41, 5.74) is -0.532. The van der Waals surface area contributed by atoms with E-state index in [0.717, 1.165) is 0 Å². The number of aliphatic hydroxyl groups is 2. The Bertz CT molecular complexity index is 295. The number of hydrogen-bond acceptors (Lipinski definition) is 4. The molecule has 0 aliphatic carbocycles. The molecule has 2 amide bonds. The first-order valence-corrected chi connectivity index (χ1v) is 6.24. The van der Waals surface area contributed by atoms with Crippen LogP contribution >= 0.6 is 0 Å². The predicted octanol–water partition coefficient (Wildman–Crippen LogP) is -0.0318. The molecule has 0 aromatic heterocycles. The molecule has 0 saturated heterocycles.